The third kappa shape index (κ3) is 5.12. The van der Waals surface area contributed by atoms with E-state index in [2.05, 4.69) is 20.6 Å². The summed E-state index contributed by atoms with van der Waals surface area (Å²) in [6.07, 6.45) is 0.354. The molecular weight excluding hydrogens is 501 g/mol. The minimum Gasteiger partial charge on any atom is -0.398 e. The van der Waals surface area contributed by atoms with Crippen LogP contribution in [0.2, 0.25) is 0 Å². The lowest BCUT2D eigenvalue weighted by Crippen LogP contribution is -2.33. The Kier molecular flexibility index (Phi) is 6.55. The van der Waals surface area contributed by atoms with Gasteiger partial charge in [-0.1, -0.05) is 12.1 Å². The summed E-state index contributed by atoms with van der Waals surface area (Å²) in [5, 5.41) is 12.7. The monoisotopic (exact) mass is 525 g/mol. The molecule has 0 saturated carbocycles. The molecule has 7 nitrogen and oxygen atoms in total. The van der Waals surface area contributed by atoms with Crippen LogP contribution < -0.4 is 21.8 Å². The van der Waals surface area contributed by atoms with Crippen molar-refractivity contribution in [2.24, 2.45) is 5.92 Å². The van der Waals surface area contributed by atoms with E-state index in [9.17, 15) is 18.0 Å². The number of aromatic nitrogens is 2. The molecule has 6 N–H and O–H groups in total. The number of thiophene rings is 1. The van der Waals surface area contributed by atoms with Crippen LogP contribution >= 0.6 is 11.3 Å². The average molecular weight is 526 g/mol. The predicted octanol–water partition coefficient (Wildman–Crippen LogP) is 3.64. The number of carbonyl (C=O) groups excluding carboxylic acids is 1. The van der Waals surface area contributed by atoms with E-state index in [1.807, 2.05) is 12.1 Å². The number of nitrogens with zero attached hydrogens (tertiary/aromatic N) is 2. The summed E-state index contributed by atoms with van der Waals surface area (Å²) in [7, 11) is 0. The van der Waals surface area contributed by atoms with Crippen molar-refractivity contribution in [1.29, 1.82) is 0 Å². The van der Waals surface area contributed by atoms with Crippen molar-refractivity contribution < 1.29 is 23.4 Å². The number of nitrogens with two attached hydrogens (primary N) is 2. The first-order chi connectivity index (χ1) is 17.7. The molecule has 0 fully saturated rings. The average Bonchev–Trinajstić information content (AvgIpc) is 3.27. The number of hydrogen-bond acceptors (Lipinski definition) is 6. The largest absolute Gasteiger partial charge is 0.416 e. The van der Waals surface area contributed by atoms with Gasteiger partial charge < -0.3 is 16.4 Å². The van der Waals surface area contributed by atoms with Crippen molar-refractivity contribution in [2.45, 2.75) is 32.0 Å². The first-order valence-electron chi connectivity index (χ1n) is 11.6. The van der Waals surface area contributed by atoms with Gasteiger partial charge in [-0.15, -0.1) is 11.3 Å². The molecule has 1 aliphatic rings. The standard InChI is InChI=1S/C26H23F3N6OS/c27-26(28,29)17-3-1-2-14(8-17)12-32-24(36)15-4-6-19-21(10-15)37-25-22(19)23(33-13-34-25)35-18-5-7-20(31)16(9-18)11-30/h1-3,5,7-9,11,13,15,30H,4,6,10,12,31H2,(H,32,36)(H,33,34,35)/p+1. The number of benzene rings is 2. The van der Waals surface area contributed by atoms with E-state index in [1.54, 1.807) is 12.1 Å². The molecule has 190 valence electrons. The van der Waals surface area contributed by atoms with Crippen LogP contribution in [0.4, 0.5) is 30.4 Å². The number of anilines is 3. The van der Waals surface area contributed by atoms with E-state index in [1.165, 1.54) is 29.9 Å². The van der Waals surface area contributed by atoms with Gasteiger partial charge in [0.2, 0.25) is 5.91 Å². The molecule has 1 atom stereocenters. The normalized spacial score (nSPS) is 15.3. The third-order valence-electron chi connectivity index (χ3n) is 6.47. The third-order valence-corrected chi connectivity index (χ3v) is 7.63. The van der Waals surface area contributed by atoms with Gasteiger partial charge in [-0.25, -0.2) is 9.97 Å². The Hall–Kier alpha value is -3.99. The van der Waals surface area contributed by atoms with Crippen LogP contribution in [0.1, 0.15) is 33.6 Å². The van der Waals surface area contributed by atoms with Gasteiger partial charge in [0.25, 0.3) is 0 Å². The van der Waals surface area contributed by atoms with Crippen LogP contribution in [-0.4, -0.2) is 22.1 Å². The van der Waals surface area contributed by atoms with Crippen molar-refractivity contribution in [3.05, 3.63) is 75.9 Å². The number of nitrogen functional groups attached to an aromatic ring is 1. The van der Waals surface area contributed by atoms with Crippen molar-refractivity contribution in [2.75, 3.05) is 11.1 Å². The van der Waals surface area contributed by atoms with Gasteiger partial charge in [-0.05, 0) is 60.7 Å². The highest BCUT2D eigenvalue weighted by Gasteiger charge is 2.31. The molecule has 1 amide bonds. The molecule has 2 aromatic carbocycles. The van der Waals surface area contributed by atoms with Crippen LogP contribution in [0, 0.1) is 5.92 Å². The minimum absolute atomic E-state index is 0.0435. The molecule has 2 aromatic heterocycles. The van der Waals surface area contributed by atoms with E-state index in [0.717, 1.165) is 38.5 Å². The molecule has 0 spiro atoms. The fraction of sp³-hybridized carbons (Fsp3) is 0.231. The Bertz CT molecular complexity index is 1500. The van der Waals surface area contributed by atoms with Gasteiger partial charge in [-0.3, -0.25) is 10.2 Å². The Morgan fingerprint density at radius 1 is 1.22 bits per heavy atom. The summed E-state index contributed by atoms with van der Waals surface area (Å²) in [6.45, 7) is 0.0435. The Morgan fingerprint density at radius 3 is 2.84 bits per heavy atom. The van der Waals surface area contributed by atoms with Gasteiger partial charge >= 0.3 is 6.18 Å². The molecule has 1 unspecified atom stereocenters. The van der Waals surface area contributed by atoms with Crippen molar-refractivity contribution in [3.8, 4) is 0 Å². The van der Waals surface area contributed by atoms with Crippen LogP contribution in [0.5, 0.6) is 0 Å². The maximum Gasteiger partial charge on any atom is 0.416 e. The summed E-state index contributed by atoms with van der Waals surface area (Å²) in [4.78, 5) is 23.7. The van der Waals surface area contributed by atoms with E-state index in [-0.39, 0.29) is 18.4 Å². The van der Waals surface area contributed by atoms with Crippen LogP contribution in [0.25, 0.3) is 10.2 Å². The van der Waals surface area contributed by atoms with Gasteiger partial charge in [-0.2, -0.15) is 13.2 Å². The van der Waals surface area contributed by atoms with Gasteiger partial charge in [0.1, 0.15) is 17.0 Å². The van der Waals surface area contributed by atoms with E-state index < -0.39 is 11.7 Å². The zero-order valence-corrected chi connectivity index (χ0v) is 20.4. The predicted molar refractivity (Wildman–Crippen MR) is 137 cm³/mol. The number of fused-ring (bicyclic) bond motifs is 3. The summed E-state index contributed by atoms with van der Waals surface area (Å²) < 4.78 is 38.9. The van der Waals surface area contributed by atoms with E-state index in [0.29, 0.717) is 41.9 Å². The quantitative estimate of drug-likeness (QED) is 0.227. The number of rotatable bonds is 6. The number of nitrogens with one attached hydrogen (secondary N) is 2. The molecule has 37 heavy (non-hydrogen) atoms. The summed E-state index contributed by atoms with van der Waals surface area (Å²) in [5.74, 6) is 0.232. The molecule has 0 aliphatic heterocycles. The zero-order valence-electron chi connectivity index (χ0n) is 19.6. The lowest BCUT2D eigenvalue weighted by Gasteiger charge is -2.22. The maximum atomic E-state index is 13.0. The van der Waals surface area contributed by atoms with Crippen molar-refractivity contribution >= 4 is 50.9 Å². The highest BCUT2D eigenvalue weighted by atomic mass is 32.1. The summed E-state index contributed by atoms with van der Waals surface area (Å²) >= 11 is 1.53. The number of aryl methyl sites for hydroxylation is 1. The molecule has 4 aromatic rings. The lowest BCUT2D eigenvalue weighted by atomic mass is 9.87. The van der Waals surface area contributed by atoms with E-state index in [4.69, 9.17) is 11.1 Å². The molecule has 5 rings (SSSR count). The maximum absolute atomic E-state index is 13.0. The molecule has 0 radical (unpaired) electrons. The molecular formula is C26H24F3N6OS+. The number of hydrogen-bond donors (Lipinski definition) is 4. The smallest absolute Gasteiger partial charge is 0.398 e. The first-order valence-corrected chi connectivity index (χ1v) is 12.4. The Labute approximate surface area is 214 Å². The molecule has 0 bridgehead atoms. The van der Waals surface area contributed by atoms with Crippen LogP contribution in [0.15, 0.2) is 48.8 Å². The summed E-state index contributed by atoms with van der Waals surface area (Å²) in [6, 6.07) is 10.5. The van der Waals surface area contributed by atoms with Gasteiger partial charge in [0.05, 0.1) is 16.5 Å². The number of carbonyl (C=O) groups is 1. The lowest BCUT2D eigenvalue weighted by molar-refractivity contribution is -0.137. The van der Waals surface area contributed by atoms with E-state index >= 15 is 0 Å². The molecule has 1 aliphatic carbocycles. The highest BCUT2D eigenvalue weighted by Crippen LogP contribution is 2.40. The van der Waals surface area contributed by atoms with Crippen LogP contribution in [0.3, 0.4) is 0 Å². The molecule has 0 saturated heterocycles. The minimum atomic E-state index is -4.42. The van der Waals surface area contributed by atoms with Gasteiger partial charge in [0, 0.05) is 28.7 Å². The SMILES string of the molecule is Nc1ccc(Nc2ncnc3sc4c(c23)CCC(C(=O)NCc2cccc(C(F)(F)F)c2)C4)cc1C=[NH2+]. The molecule has 2 heterocycles. The molecule has 11 heteroatoms. The highest BCUT2D eigenvalue weighted by molar-refractivity contribution is 7.19. The number of alkyl halides is 3. The van der Waals surface area contributed by atoms with Crippen molar-refractivity contribution in [3.63, 3.8) is 0 Å². The Morgan fingerprint density at radius 2 is 2.05 bits per heavy atom. The van der Waals surface area contributed by atoms with Gasteiger partial charge in [0.15, 0.2) is 6.21 Å². The second-order valence-electron chi connectivity index (χ2n) is 8.90. The zero-order chi connectivity index (χ0) is 26.2. The second kappa shape index (κ2) is 9.81. The van der Waals surface area contributed by atoms with Crippen LogP contribution in [-0.2, 0) is 30.4 Å². The summed E-state index contributed by atoms with van der Waals surface area (Å²) in [5.41, 5.74) is 8.80. The fourth-order valence-electron chi connectivity index (χ4n) is 4.55. The second-order valence-corrected chi connectivity index (χ2v) is 9.98. The first kappa shape index (κ1) is 24.7. The topological polar surface area (TPSA) is 119 Å². The fourth-order valence-corrected chi connectivity index (χ4v) is 5.82. The van der Waals surface area contributed by atoms with Crippen molar-refractivity contribution in [1.82, 2.24) is 15.3 Å². The Balaban J connectivity index is 1.31. The number of halogens is 3. The number of amides is 1.